The van der Waals surface area contributed by atoms with Gasteiger partial charge in [0.25, 0.3) is 0 Å². The van der Waals surface area contributed by atoms with Gasteiger partial charge in [0, 0.05) is 0 Å². The Morgan fingerprint density at radius 3 is 1.00 bits per heavy atom. The third-order valence-corrected chi connectivity index (χ3v) is 0. The van der Waals surface area contributed by atoms with Crippen LogP contribution in [0.3, 0.4) is 0 Å². The van der Waals surface area contributed by atoms with E-state index in [9.17, 15) is 0 Å². The molecule has 0 unspecified atom stereocenters. The van der Waals surface area contributed by atoms with Crippen LogP contribution in [0.2, 0.25) is 0 Å². The molecular weight excluding hydrogens is 122 g/mol. The first-order valence-electron chi connectivity index (χ1n) is 0. The van der Waals surface area contributed by atoms with Gasteiger partial charge in [-0.1, -0.05) is 0 Å². The minimum absolute atomic E-state index is 0. The molecule has 4 heavy (non-hydrogen) atoms. The minimum atomic E-state index is 0. The molecule has 0 aromatic rings. The van der Waals surface area contributed by atoms with Crippen molar-refractivity contribution in [3.8, 4) is 0 Å². The Hall–Kier alpha value is 1.31. The largest absolute Gasteiger partial charge is 2.00 e. The van der Waals surface area contributed by atoms with E-state index in [0.29, 0.717) is 0 Å². The van der Waals surface area contributed by atoms with Gasteiger partial charge in [0.15, 0.2) is 0 Å². The molecule has 0 heterocycles. The monoisotopic (exact) mass is 121 g/mol. The first-order valence-corrected chi connectivity index (χ1v) is 0. The van der Waals surface area contributed by atoms with Gasteiger partial charge in [-0.2, -0.15) is 0 Å². The molecule has 0 saturated carbocycles. The van der Waals surface area contributed by atoms with E-state index in [4.69, 9.17) is 0 Å². The second-order valence-electron chi connectivity index (χ2n) is 0. The molecule has 0 aliphatic heterocycles. The predicted molar refractivity (Wildman–Crippen MR) is 8.38 cm³/mol. The van der Waals surface area contributed by atoms with E-state index < -0.39 is 0 Å². The summed E-state index contributed by atoms with van der Waals surface area (Å²) in [6.45, 7) is 0. The average molecular weight is 123 g/mol. The van der Waals surface area contributed by atoms with Crippen molar-refractivity contribution >= 4 is 23.1 Å². The second-order valence-corrected chi connectivity index (χ2v) is 0. The summed E-state index contributed by atoms with van der Waals surface area (Å²) in [6.07, 6.45) is 0. The zero-order valence-corrected chi connectivity index (χ0v) is 6.65. The minimum Gasteiger partial charge on any atom is -2.00 e. The molecular formula is HMgO2Zn+. The third kappa shape index (κ3) is 10.3. The third-order valence-electron chi connectivity index (χ3n) is 0. The molecule has 1 N–H and O–H groups in total. The summed E-state index contributed by atoms with van der Waals surface area (Å²) in [5, 5.41) is 0. The first kappa shape index (κ1) is 57.5. The summed E-state index contributed by atoms with van der Waals surface area (Å²) in [4.78, 5) is 0. The number of rotatable bonds is 0. The number of hydrogen-bond acceptors (Lipinski definition) is 1. The van der Waals surface area contributed by atoms with Gasteiger partial charge >= 0.3 is 42.5 Å². The van der Waals surface area contributed by atoms with Crippen LogP contribution in [-0.2, 0) is 25.0 Å². The molecule has 0 fully saturated rings. The van der Waals surface area contributed by atoms with Crippen molar-refractivity contribution in [3.05, 3.63) is 0 Å². The molecule has 0 aliphatic carbocycles. The summed E-state index contributed by atoms with van der Waals surface area (Å²) in [5.41, 5.74) is 0. The topological polar surface area (TPSA) is 58.5 Å². The van der Waals surface area contributed by atoms with Gasteiger partial charge in [-0.3, -0.25) is 0 Å². The van der Waals surface area contributed by atoms with E-state index in [1.165, 1.54) is 0 Å². The zero-order chi connectivity index (χ0) is 0. The quantitative estimate of drug-likeness (QED) is 0.393. The van der Waals surface area contributed by atoms with E-state index in [1.54, 1.807) is 0 Å². The van der Waals surface area contributed by atoms with Crippen LogP contribution in [-0.4, -0.2) is 28.5 Å². The van der Waals surface area contributed by atoms with Crippen LogP contribution >= 0.6 is 0 Å². The van der Waals surface area contributed by atoms with Crippen LogP contribution < -0.4 is 0 Å². The normalized spacial score (nSPS) is 0. The van der Waals surface area contributed by atoms with Crippen molar-refractivity contribution < 1.29 is 30.4 Å². The molecule has 0 saturated heterocycles. The van der Waals surface area contributed by atoms with E-state index in [-0.39, 0.29) is 53.5 Å². The molecule has 0 bridgehead atoms. The molecule has 0 aromatic carbocycles. The van der Waals surface area contributed by atoms with Crippen LogP contribution in [0.1, 0.15) is 0 Å². The Kier molecular flexibility index (Phi) is 396. The molecule has 16 valence electrons. The SMILES string of the molecule is [Mg+2].[O-2].[OH-].[Zn+2]. The fraction of sp³-hybridized carbons (Fsp3) is 0. The van der Waals surface area contributed by atoms with Crippen LogP contribution in [0.4, 0.5) is 0 Å². The maximum absolute atomic E-state index is 0. The van der Waals surface area contributed by atoms with Gasteiger partial charge in [-0.15, -0.1) is 0 Å². The molecule has 0 radical (unpaired) electrons. The summed E-state index contributed by atoms with van der Waals surface area (Å²) in [7, 11) is 0. The van der Waals surface area contributed by atoms with Crippen molar-refractivity contribution in [3.63, 3.8) is 0 Å². The standard InChI is InChI=1S/Mg.H2O.O.Zn/h;1H2;;/q+2;;-2;+2/p-1. The predicted octanol–water partition coefficient (Wildman–Crippen LogP) is -0.679. The summed E-state index contributed by atoms with van der Waals surface area (Å²) in [6, 6.07) is 0. The van der Waals surface area contributed by atoms with Gasteiger partial charge in [0.05, 0.1) is 0 Å². The molecule has 0 aliphatic rings. The molecule has 2 nitrogen and oxygen atoms in total. The molecule has 0 aromatic heterocycles. The van der Waals surface area contributed by atoms with Crippen molar-refractivity contribution in [2.45, 2.75) is 0 Å². The van der Waals surface area contributed by atoms with E-state index >= 15 is 0 Å². The van der Waals surface area contributed by atoms with Crippen molar-refractivity contribution in [1.29, 1.82) is 0 Å². The van der Waals surface area contributed by atoms with Crippen LogP contribution in [0.15, 0.2) is 0 Å². The first-order chi connectivity index (χ1) is 0. The summed E-state index contributed by atoms with van der Waals surface area (Å²) >= 11 is 0. The Labute approximate surface area is 53.5 Å². The van der Waals surface area contributed by atoms with Gasteiger partial charge in [-0.05, 0) is 0 Å². The Balaban J connectivity index is 0. The maximum atomic E-state index is 0. The van der Waals surface area contributed by atoms with Crippen molar-refractivity contribution in [1.82, 2.24) is 0 Å². The zero-order valence-electron chi connectivity index (χ0n) is 2.27. The Morgan fingerprint density at radius 2 is 1.00 bits per heavy atom. The Morgan fingerprint density at radius 1 is 1.00 bits per heavy atom. The van der Waals surface area contributed by atoms with Gasteiger partial charge < -0.3 is 11.0 Å². The van der Waals surface area contributed by atoms with Crippen LogP contribution in [0, 0.1) is 0 Å². The average Bonchev–Trinajstić information content (AvgIpc) is 0. The van der Waals surface area contributed by atoms with Crippen LogP contribution in [0.5, 0.6) is 0 Å². The second kappa shape index (κ2) is 27.5. The summed E-state index contributed by atoms with van der Waals surface area (Å²) in [5.74, 6) is 0. The van der Waals surface area contributed by atoms with Crippen molar-refractivity contribution in [2.24, 2.45) is 0 Å². The summed E-state index contributed by atoms with van der Waals surface area (Å²) < 4.78 is 0. The molecule has 0 rings (SSSR count). The van der Waals surface area contributed by atoms with E-state index in [2.05, 4.69) is 0 Å². The van der Waals surface area contributed by atoms with Gasteiger partial charge in [-0.25, -0.2) is 0 Å². The van der Waals surface area contributed by atoms with E-state index in [0.717, 1.165) is 0 Å². The Bertz CT molecular complexity index is 6.00. The van der Waals surface area contributed by atoms with E-state index in [1.807, 2.05) is 0 Å². The van der Waals surface area contributed by atoms with Crippen LogP contribution in [0.25, 0.3) is 0 Å². The molecule has 0 atom stereocenters. The van der Waals surface area contributed by atoms with Crippen molar-refractivity contribution in [2.75, 3.05) is 0 Å². The molecule has 0 amide bonds. The van der Waals surface area contributed by atoms with Gasteiger partial charge in [0.2, 0.25) is 0 Å². The maximum Gasteiger partial charge on any atom is 2.00 e. The molecule has 4 heteroatoms. The van der Waals surface area contributed by atoms with Gasteiger partial charge in [0.1, 0.15) is 0 Å². The number of hydrogen-bond donors (Lipinski definition) is 0. The fourth-order valence-corrected chi connectivity index (χ4v) is 0. The fourth-order valence-electron chi connectivity index (χ4n) is 0. The molecule has 0 spiro atoms. The smallest absolute Gasteiger partial charge is 2.00 e.